The number of nitrogens with two attached hydrogens (primary N) is 1. The third-order valence-electron chi connectivity index (χ3n) is 11.2. The largest absolute Gasteiger partial charge is 0.508 e. The SMILES string of the molecule is Nc1ccc2c(c1)OC1=CC3(C#CC3)C=CC1=C2c1c(Cl)cc(C(=O)NCC(=O)NCc2c3oc4cc(O)ccc4c(-c4ccc(C(=O)O)cc4C(=O)O)c-3ccc2=O)c(Cl)c1C(=O)O. The first-order valence-corrected chi connectivity index (χ1v) is 20.2. The van der Waals surface area contributed by atoms with Gasteiger partial charge in [0.25, 0.3) is 5.91 Å². The molecule has 2 amide bonds. The number of hydrogen-bond acceptors (Lipinski definition) is 10. The van der Waals surface area contributed by atoms with E-state index in [0.717, 1.165) is 6.07 Å². The maximum Gasteiger partial charge on any atom is 0.337 e. The molecule has 15 nitrogen and oxygen atoms in total. The first-order valence-electron chi connectivity index (χ1n) is 19.4. The topological polar surface area (TPSA) is 256 Å². The van der Waals surface area contributed by atoms with Gasteiger partial charge in [0.05, 0.1) is 56.4 Å². The third-order valence-corrected chi connectivity index (χ3v) is 11.9. The minimum Gasteiger partial charge on any atom is -0.508 e. The number of phenolic OH excluding ortho intramolecular Hbond substituents is 1. The van der Waals surface area contributed by atoms with Gasteiger partial charge in [0.2, 0.25) is 5.91 Å². The second-order valence-corrected chi connectivity index (χ2v) is 16.0. The highest BCUT2D eigenvalue weighted by Crippen LogP contribution is 2.50. The van der Waals surface area contributed by atoms with E-state index < -0.39 is 64.2 Å². The monoisotopic (exact) mass is 909 g/mol. The van der Waals surface area contributed by atoms with Crippen molar-refractivity contribution >= 4 is 75.2 Å². The molecule has 0 radical (unpaired) electrons. The van der Waals surface area contributed by atoms with Gasteiger partial charge in [-0.1, -0.05) is 53.3 Å². The van der Waals surface area contributed by atoms with Crippen molar-refractivity contribution < 1.29 is 53.6 Å². The number of hydrogen-bond donors (Lipinski definition) is 7. The van der Waals surface area contributed by atoms with E-state index in [1.807, 2.05) is 12.2 Å². The van der Waals surface area contributed by atoms with E-state index in [2.05, 4.69) is 22.5 Å². The standard InChI is InChI=1S/C48H29Cl2N3O12/c49-32-17-30(42(50)41(47(62)63)40(32)39-26-6-3-22(51)15-34(26)64-36-18-48(11-1-12-48)13-10-27(36)39)44(57)53-20-37(56)52-19-31-33(55)9-8-28-38(25-7-4-23(54)16-35(25)65-43(28)31)24-5-2-21(45(58)59)14-29(24)46(60)61/h2-10,13-18,54H,11,19-20,51H2,(H,52,56)(H,53,57)(H,58,59)(H,60,61)(H,62,63). The minimum absolute atomic E-state index is 0.00509. The first kappa shape index (κ1) is 42.0. The molecular formula is C48H29Cl2N3O12. The molecule has 65 heavy (non-hydrogen) atoms. The van der Waals surface area contributed by atoms with Crippen molar-refractivity contribution in [1.82, 2.24) is 10.6 Å². The Kier molecular flexibility index (Phi) is 10.2. The van der Waals surface area contributed by atoms with Gasteiger partial charge >= 0.3 is 17.9 Å². The van der Waals surface area contributed by atoms with Crippen LogP contribution in [0.25, 0.3) is 39.0 Å². The van der Waals surface area contributed by atoms with Crippen molar-refractivity contribution in [2.24, 2.45) is 5.41 Å². The Balaban J connectivity index is 1.01. The second-order valence-electron chi connectivity index (χ2n) is 15.2. The zero-order valence-electron chi connectivity index (χ0n) is 33.2. The van der Waals surface area contributed by atoms with Crippen LogP contribution in [-0.4, -0.2) is 56.7 Å². The molecule has 5 aliphatic rings. The summed E-state index contributed by atoms with van der Waals surface area (Å²) in [5.41, 5.74) is 5.66. The quantitative estimate of drug-likeness (QED) is 0.0404. The third kappa shape index (κ3) is 7.26. The normalized spacial score (nSPS) is 15.5. The molecule has 0 saturated heterocycles. The fraction of sp³-hybridized carbons (Fsp3) is 0.0833. The van der Waals surface area contributed by atoms with E-state index in [0.29, 0.717) is 45.7 Å². The van der Waals surface area contributed by atoms with Crippen LogP contribution in [0.5, 0.6) is 11.5 Å². The highest BCUT2D eigenvalue weighted by atomic mass is 35.5. The zero-order chi connectivity index (χ0) is 46.1. The number of nitrogens with one attached hydrogen (secondary N) is 2. The maximum absolute atomic E-state index is 13.7. The molecule has 322 valence electrons. The zero-order valence-corrected chi connectivity index (χ0v) is 34.7. The van der Waals surface area contributed by atoms with Gasteiger partial charge in [-0.15, -0.1) is 0 Å². The fourth-order valence-electron chi connectivity index (χ4n) is 8.06. The first-order chi connectivity index (χ1) is 31.0. The van der Waals surface area contributed by atoms with Crippen molar-refractivity contribution in [3.05, 3.63) is 162 Å². The Morgan fingerprint density at radius 1 is 0.831 bits per heavy atom. The van der Waals surface area contributed by atoms with Crippen LogP contribution in [0.2, 0.25) is 10.0 Å². The lowest BCUT2D eigenvalue weighted by Crippen LogP contribution is -2.37. The molecule has 17 heteroatoms. The summed E-state index contributed by atoms with van der Waals surface area (Å²) >= 11 is 13.6. The van der Waals surface area contributed by atoms with E-state index in [4.69, 9.17) is 38.1 Å². The number of carboxylic acid groups (broad SMARTS) is 3. The summed E-state index contributed by atoms with van der Waals surface area (Å²) in [4.78, 5) is 77.5. The second kappa shape index (κ2) is 15.8. The number of amides is 2. The van der Waals surface area contributed by atoms with Crippen LogP contribution in [0.4, 0.5) is 5.69 Å². The fourth-order valence-corrected chi connectivity index (χ4v) is 8.67. The van der Waals surface area contributed by atoms with Crippen molar-refractivity contribution in [3.8, 4) is 45.8 Å². The van der Waals surface area contributed by atoms with Gasteiger partial charge in [0, 0.05) is 63.0 Å². The Hall–Kier alpha value is -8.32. The summed E-state index contributed by atoms with van der Waals surface area (Å²) in [6, 6.07) is 16.2. The van der Waals surface area contributed by atoms with Gasteiger partial charge in [-0.2, -0.15) is 0 Å². The highest BCUT2D eigenvalue weighted by molar-refractivity contribution is 6.40. The maximum atomic E-state index is 13.7. The van der Waals surface area contributed by atoms with E-state index in [-0.39, 0.29) is 66.6 Å². The smallest absolute Gasteiger partial charge is 0.337 e. The average molecular weight is 911 g/mol. The van der Waals surface area contributed by atoms with Crippen LogP contribution in [0.1, 0.15) is 64.5 Å². The number of nitrogen functional groups attached to an aromatic ring is 1. The number of allylic oxidation sites excluding steroid dienone is 3. The van der Waals surface area contributed by atoms with Crippen LogP contribution in [0, 0.1) is 17.3 Å². The van der Waals surface area contributed by atoms with E-state index >= 15 is 0 Å². The summed E-state index contributed by atoms with van der Waals surface area (Å²) in [6.07, 6.45) is 6.06. The molecule has 1 spiro atoms. The van der Waals surface area contributed by atoms with Gasteiger partial charge in [0.15, 0.2) is 5.43 Å². The molecule has 9 rings (SSSR count). The molecule has 8 N–H and O–H groups in total. The number of halogens is 2. The molecule has 0 bridgehead atoms. The van der Waals surface area contributed by atoms with Gasteiger partial charge in [-0.05, 0) is 66.2 Å². The number of carboxylic acids is 3. The molecule has 0 fully saturated rings. The molecule has 2 heterocycles. The van der Waals surface area contributed by atoms with Crippen LogP contribution in [0.15, 0.2) is 112 Å². The van der Waals surface area contributed by atoms with Crippen LogP contribution < -0.4 is 26.5 Å². The number of carbonyl (C=O) groups is 5. The number of anilines is 1. The number of ether oxygens (including phenoxy) is 1. The van der Waals surface area contributed by atoms with Crippen molar-refractivity contribution in [2.45, 2.75) is 13.0 Å². The molecule has 3 aliphatic carbocycles. The average Bonchev–Trinajstić information content (AvgIpc) is 3.25. The van der Waals surface area contributed by atoms with Crippen molar-refractivity contribution in [3.63, 3.8) is 0 Å². The summed E-state index contributed by atoms with van der Waals surface area (Å²) in [6.45, 7) is -1.14. The Morgan fingerprint density at radius 3 is 2.29 bits per heavy atom. The lowest BCUT2D eigenvalue weighted by atomic mass is 9.73. The van der Waals surface area contributed by atoms with Crippen molar-refractivity contribution in [2.75, 3.05) is 12.3 Å². The summed E-state index contributed by atoms with van der Waals surface area (Å²) in [5.74, 6) is 0.501. The number of phenols is 1. The van der Waals surface area contributed by atoms with E-state index in [1.165, 1.54) is 48.5 Å². The predicted molar refractivity (Wildman–Crippen MR) is 237 cm³/mol. The minimum atomic E-state index is -1.50. The van der Waals surface area contributed by atoms with Gasteiger partial charge in [-0.3, -0.25) is 14.4 Å². The van der Waals surface area contributed by atoms with Crippen molar-refractivity contribution in [1.29, 1.82) is 0 Å². The Labute approximate surface area is 376 Å². The molecular weight excluding hydrogens is 881 g/mol. The van der Waals surface area contributed by atoms with Gasteiger partial charge in [-0.25, -0.2) is 14.4 Å². The molecule has 4 aromatic rings. The van der Waals surface area contributed by atoms with Gasteiger partial charge < -0.3 is 45.9 Å². The summed E-state index contributed by atoms with van der Waals surface area (Å²) < 4.78 is 12.3. The number of carbonyl (C=O) groups excluding carboxylic acids is 2. The molecule has 4 aromatic carbocycles. The number of fused-ring (bicyclic) bond motifs is 4. The van der Waals surface area contributed by atoms with E-state index in [1.54, 1.807) is 24.3 Å². The molecule has 2 aliphatic heterocycles. The summed E-state index contributed by atoms with van der Waals surface area (Å²) in [7, 11) is 0. The lowest BCUT2D eigenvalue weighted by molar-refractivity contribution is -0.120. The molecule has 1 atom stereocenters. The summed E-state index contributed by atoms with van der Waals surface area (Å²) in [5, 5.41) is 45.2. The number of benzene rings is 5. The number of aromatic hydroxyl groups is 1. The molecule has 0 aromatic heterocycles. The van der Waals surface area contributed by atoms with Crippen LogP contribution in [0.3, 0.4) is 0 Å². The molecule has 0 saturated carbocycles. The van der Waals surface area contributed by atoms with Gasteiger partial charge in [0.1, 0.15) is 28.6 Å². The van der Waals surface area contributed by atoms with Crippen LogP contribution >= 0.6 is 23.2 Å². The highest BCUT2D eigenvalue weighted by Gasteiger charge is 2.38. The Morgan fingerprint density at radius 2 is 1.58 bits per heavy atom. The molecule has 1 unspecified atom stereocenters. The lowest BCUT2D eigenvalue weighted by Gasteiger charge is -2.33. The van der Waals surface area contributed by atoms with E-state index in [9.17, 15) is 49.2 Å². The van der Waals surface area contributed by atoms with Crippen LogP contribution in [-0.2, 0) is 11.3 Å². The number of aromatic carboxylic acids is 3. The number of rotatable bonds is 10. The predicted octanol–water partition coefficient (Wildman–Crippen LogP) is 7.34. The Bertz CT molecular complexity index is 3390.